The first-order valence-electron chi connectivity index (χ1n) is 5.36. The molecule has 0 aromatic heterocycles. The molecule has 0 unspecified atom stereocenters. The standard InChI is InChI=1S/C10H19N3O4/c1-6(2)8(9(15)16)13-10(17)12-5-4-7(14)11-3/h6,8H,4-5H2,1-3H3,(H,11,14)(H,15,16)(H2,12,13,17)/t8-/m0/s1. The molecule has 0 saturated heterocycles. The van der Waals surface area contributed by atoms with Crippen LogP contribution >= 0.6 is 0 Å². The summed E-state index contributed by atoms with van der Waals surface area (Å²) in [7, 11) is 1.50. The zero-order valence-electron chi connectivity index (χ0n) is 10.2. The number of nitrogens with one attached hydrogen (secondary N) is 3. The lowest BCUT2D eigenvalue weighted by Gasteiger charge is -2.18. The predicted octanol–water partition coefficient (Wildman–Crippen LogP) is -0.469. The summed E-state index contributed by atoms with van der Waals surface area (Å²) in [6, 6.07) is -1.52. The minimum absolute atomic E-state index is 0.156. The largest absolute Gasteiger partial charge is 0.480 e. The molecule has 7 heteroatoms. The van der Waals surface area contributed by atoms with Gasteiger partial charge in [-0.25, -0.2) is 9.59 Å². The zero-order valence-corrected chi connectivity index (χ0v) is 10.2. The quantitative estimate of drug-likeness (QED) is 0.507. The fourth-order valence-electron chi connectivity index (χ4n) is 1.12. The van der Waals surface area contributed by atoms with Gasteiger partial charge in [0.25, 0.3) is 0 Å². The molecule has 0 radical (unpaired) electrons. The van der Waals surface area contributed by atoms with Crippen molar-refractivity contribution in [1.29, 1.82) is 0 Å². The summed E-state index contributed by atoms with van der Waals surface area (Å²) in [5, 5.41) is 16.0. The molecule has 0 saturated carbocycles. The minimum Gasteiger partial charge on any atom is -0.480 e. The number of carboxylic acids is 1. The Labute approximate surface area is 100.0 Å². The summed E-state index contributed by atoms with van der Waals surface area (Å²) in [5.74, 6) is -1.48. The molecular formula is C10H19N3O4. The first-order chi connectivity index (χ1) is 7.88. The summed E-state index contributed by atoms with van der Waals surface area (Å²) in [6.07, 6.45) is 0.156. The zero-order chi connectivity index (χ0) is 13.4. The van der Waals surface area contributed by atoms with Crippen molar-refractivity contribution < 1.29 is 19.5 Å². The number of carboxylic acid groups (broad SMARTS) is 1. The number of urea groups is 1. The minimum atomic E-state index is -1.08. The first-order valence-corrected chi connectivity index (χ1v) is 5.36. The molecular weight excluding hydrogens is 226 g/mol. The summed E-state index contributed by atoms with van der Waals surface area (Å²) < 4.78 is 0. The van der Waals surface area contributed by atoms with Gasteiger partial charge in [0.15, 0.2) is 0 Å². The van der Waals surface area contributed by atoms with Crippen molar-refractivity contribution in [3.63, 3.8) is 0 Å². The Hall–Kier alpha value is -1.79. The highest BCUT2D eigenvalue weighted by molar-refractivity contribution is 5.83. The Morgan fingerprint density at radius 3 is 2.24 bits per heavy atom. The lowest BCUT2D eigenvalue weighted by atomic mass is 10.1. The van der Waals surface area contributed by atoms with Crippen molar-refractivity contribution >= 4 is 17.9 Å². The maximum absolute atomic E-state index is 11.3. The average molecular weight is 245 g/mol. The monoisotopic (exact) mass is 245 g/mol. The average Bonchev–Trinajstić information content (AvgIpc) is 2.24. The second-order valence-corrected chi connectivity index (χ2v) is 3.88. The summed E-state index contributed by atoms with van der Waals surface area (Å²) in [6.45, 7) is 3.56. The fraction of sp³-hybridized carbons (Fsp3) is 0.700. The SMILES string of the molecule is CNC(=O)CCNC(=O)N[C@H](C(=O)O)C(C)C. The van der Waals surface area contributed by atoms with Crippen molar-refractivity contribution in [1.82, 2.24) is 16.0 Å². The third-order valence-corrected chi connectivity index (χ3v) is 2.14. The van der Waals surface area contributed by atoms with Crippen molar-refractivity contribution in [2.24, 2.45) is 5.92 Å². The van der Waals surface area contributed by atoms with E-state index in [0.717, 1.165) is 0 Å². The second-order valence-electron chi connectivity index (χ2n) is 3.88. The molecule has 0 fully saturated rings. The van der Waals surface area contributed by atoms with E-state index in [-0.39, 0.29) is 24.8 Å². The van der Waals surface area contributed by atoms with E-state index in [1.54, 1.807) is 13.8 Å². The topological polar surface area (TPSA) is 108 Å². The maximum Gasteiger partial charge on any atom is 0.326 e. The van der Waals surface area contributed by atoms with Gasteiger partial charge >= 0.3 is 12.0 Å². The Morgan fingerprint density at radius 2 is 1.82 bits per heavy atom. The van der Waals surface area contributed by atoms with E-state index in [1.165, 1.54) is 7.05 Å². The highest BCUT2D eigenvalue weighted by atomic mass is 16.4. The van der Waals surface area contributed by atoms with Gasteiger partial charge in [-0.2, -0.15) is 0 Å². The highest BCUT2D eigenvalue weighted by Crippen LogP contribution is 2.01. The van der Waals surface area contributed by atoms with Crippen LogP contribution in [0.25, 0.3) is 0 Å². The maximum atomic E-state index is 11.3. The summed E-state index contributed by atoms with van der Waals surface area (Å²) >= 11 is 0. The van der Waals surface area contributed by atoms with E-state index in [2.05, 4.69) is 16.0 Å². The van der Waals surface area contributed by atoms with Gasteiger partial charge in [0.1, 0.15) is 6.04 Å². The van der Waals surface area contributed by atoms with Crippen LogP contribution < -0.4 is 16.0 Å². The Bertz CT molecular complexity index is 291. The summed E-state index contributed by atoms with van der Waals surface area (Å²) in [4.78, 5) is 33.0. The summed E-state index contributed by atoms with van der Waals surface area (Å²) in [5.41, 5.74) is 0. The molecule has 98 valence electrons. The highest BCUT2D eigenvalue weighted by Gasteiger charge is 2.23. The van der Waals surface area contributed by atoms with E-state index < -0.39 is 18.0 Å². The van der Waals surface area contributed by atoms with Gasteiger partial charge in [-0.05, 0) is 5.92 Å². The van der Waals surface area contributed by atoms with E-state index in [0.29, 0.717) is 0 Å². The molecule has 0 aromatic rings. The molecule has 0 spiro atoms. The smallest absolute Gasteiger partial charge is 0.326 e. The molecule has 7 nitrogen and oxygen atoms in total. The van der Waals surface area contributed by atoms with Crippen LogP contribution in [0.1, 0.15) is 20.3 Å². The van der Waals surface area contributed by atoms with Crippen LogP contribution in [0.3, 0.4) is 0 Å². The van der Waals surface area contributed by atoms with Gasteiger partial charge in [0.05, 0.1) is 0 Å². The first kappa shape index (κ1) is 15.2. The van der Waals surface area contributed by atoms with Crippen LogP contribution in [0, 0.1) is 5.92 Å². The molecule has 3 amide bonds. The van der Waals surface area contributed by atoms with Gasteiger partial charge in [0.2, 0.25) is 5.91 Å². The number of aliphatic carboxylic acids is 1. The number of amides is 3. The van der Waals surface area contributed by atoms with Crippen molar-refractivity contribution in [2.75, 3.05) is 13.6 Å². The number of carbonyl (C=O) groups excluding carboxylic acids is 2. The van der Waals surface area contributed by atoms with Crippen molar-refractivity contribution in [3.05, 3.63) is 0 Å². The molecule has 0 aliphatic rings. The van der Waals surface area contributed by atoms with Crippen LogP contribution in [0.2, 0.25) is 0 Å². The predicted molar refractivity (Wildman–Crippen MR) is 61.5 cm³/mol. The Kier molecular flexibility index (Phi) is 6.69. The van der Waals surface area contributed by atoms with Gasteiger partial charge in [-0.3, -0.25) is 4.79 Å². The van der Waals surface area contributed by atoms with E-state index in [9.17, 15) is 14.4 Å². The molecule has 4 N–H and O–H groups in total. The van der Waals surface area contributed by atoms with Crippen LogP contribution in [0.4, 0.5) is 4.79 Å². The molecule has 0 rings (SSSR count). The normalized spacial score (nSPS) is 11.8. The second kappa shape index (κ2) is 7.48. The number of hydrogen-bond acceptors (Lipinski definition) is 3. The van der Waals surface area contributed by atoms with E-state index >= 15 is 0 Å². The van der Waals surface area contributed by atoms with Gasteiger partial charge < -0.3 is 21.1 Å². The van der Waals surface area contributed by atoms with Gasteiger partial charge in [0, 0.05) is 20.0 Å². The molecule has 0 heterocycles. The van der Waals surface area contributed by atoms with E-state index in [4.69, 9.17) is 5.11 Å². The molecule has 17 heavy (non-hydrogen) atoms. The van der Waals surface area contributed by atoms with Gasteiger partial charge in [-0.15, -0.1) is 0 Å². The number of hydrogen-bond donors (Lipinski definition) is 4. The fourth-order valence-corrected chi connectivity index (χ4v) is 1.12. The molecule has 0 aromatic carbocycles. The van der Waals surface area contributed by atoms with Crippen molar-refractivity contribution in [2.45, 2.75) is 26.3 Å². The third-order valence-electron chi connectivity index (χ3n) is 2.14. The number of rotatable bonds is 6. The van der Waals surface area contributed by atoms with Gasteiger partial charge in [-0.1, -0.05) is 13.8 Å². The number of carbonyl (C=O) groups is 3. The van der Waals surface area contributed by atoms with Crippen LogP contribution in [0.15, 0.2) is 0 Å². The van der Waals surface area contributed by atoms with E-state index in [1.807, 2.05) is 0 Å². The molecule has 0 aliphatic carbocycles. The third kappa shape index (κ3) is 6.39. The molecule has 1 atom stereocenters. The van der Waals surface area contributed by atoms with Crippen LogP contribution in [-0.4, -0.2) is 42.6 Å². The van der Waals surface area contributed by atoms with Crippen LogP contribution in [-0.2, 0) is 9.59 Å². The molecule has 0 bridgehead atoms. The molecule has 0 aliphatic heterocycles. The van der Waals surface area contributed by atoms with Crippen LogP contribution in [0.5, 0.6) is 0 Å². The van der Waals surface area contributed by atoms with Crippen molar-refractivity contribution in [3.8, 4) is 0 Å². The Balaban J connectivity index is 3.99. The Morgan fingerprint density at radius 1 is 1.24 bits per heavy atom. The lowest BCUT2D eigenvalue weighted by Crippen LogP contribution is -2.49. The lowest BCUT2D eigenvalue weighted by molar-refractivity contribution is -0.140.